The van der Waals surface area contributed by atoms with E-state index in [2.05, 4.69) is 284 Å². The van der Waals surface area contributed by atoms with Gasteiger partial charge in [-0.2, -0.15) is 0 Å². The van der Waals surface area contributed by atoms with Crippen LogP contribution in [0.1, 0.15) is 60.1 Å². The standard InChI is InChI=1S/C74H58.CH4/c1-73(2,3)53-39-33-49(34-40-53)71-63-43-37-51(69-59-29-17-13-25-55(59)67(47-21-9-7-10-22-47)56-26-14-18-30-60(56)69)45-65(63)66-46-52(38-44-64(66)72(71)50-35-41-54(42-36-50)74(4,5)6)70-61-31-19-15-27-57(61)68(48-23-11-8-12-24-48)58-28-16-20-32-62(58)70;/h7-46H,1-6H3;1H4. The summed E-state index contributed by atoms with van der Waals surface area (Å²) in [6, 6.07) is 91.5. The fourth-order valence-electron chi connectivity index (χ4n) is 12.1. The van der Waals surface area contributed by atoms with E-state index in [1.54, 1.807) is 0 Å². The maximum Gasteiger partial charge on any atom is -0.00203 e. The van der Waals surface area contributed by atoms with Gasteiger partial charge in [0.2, 0.25) is 0 Å². The third-order valence-electron chi connectivity index (χ3n) is 15.8. The molecule has 0 aliphatic rings. The minimum Gasteiger partial charge on any atom is -0.0776 e. The van der Waals surface area contributed by atoms with Crippen molar-refractivity contribution in [1.82, 2.24) is 0 Å². The highest BCUT2D eigenvalue weighted by Crippen LogP contribution is 2.51. The summed E-state index contributed by atoms with van der Waals surface area (Å²) < 4.78 is 0. The van der Waals surface area contributed by atoms with Gasteiger partial charge in [0.1, 0.15) is 0 Å². The predicted octanol–water partition coefficient (Wildman–Crippen LogP) is 21.8. The average molecular weight is 963 g/mol. The zero-order valence-corrected chi connectivity index (χ0v) is 43.1. The Hall–Kier alpha value is -8.58. The monoisotopic (exact) mass is 962 g/mol. The number of benzene rings is 13. The van der Waals surface area contributed by atoms with Crippen LogP contribution < -0.4 is 0 Å². The molecule has 0 nitrogen and oxygen atoms in total. The molecule has 0 fully saturated rings. The Morgan fingerprint density at radius 3 is 0.667 bits per heavy atom. The maximum absolute atomic E-state index is 2.52. The number of hydrogen-bond donors (Lipinski definition) is 0. The third-order valence-corrected chi connectivity index (χ3v) is 15.8. The van der Waals surface area contributed by atoms with Crippen LogP contribution in [0, 0.1) is 0 Å². The molecule has 0 saturated heterocycles. The van der Waals surface area contributed by atoms with Crippen molar-refractivity contribution in [2.75, 3.05) is 0 Å². The van der Waals surface area contributed by atoms with Crippen molar-refractivity contribution in [3.8, 4) is 66.8 Å². The van der Waals surface area contributed by atoms with Crippen LogP contribution in [-0.2, 0) is 10.8 Å². The highest BCUT2D eigenvalue weighted by molar-refractivity contribution is 6.27. The zero-order valence-electron chi connectivity index (χ0n) is 43.1. The van der Waals surface area contributed by atoms with Gasteiger partial charge in [0.15, 0.2) is 0 Å². The first-order valence-corrected chi connectivity index (χ1v) is 26.2. The van der Waals surface area contributed by atoms with Gasteiger partial charge in [0.25, 0.3) is 0 Å². The van der Waals surface area contributed by atoms with Crippen molar-refractivity contribution in [3.05, 3.63) is 254 Å². The molecule has 13 rings (SSSR count). The molecule has 0 radical (unpaired) electrons. The second kappa shape index (κ2) is 18.4. The summed E-state index contributed by atoms with van der Waals surface area (Å²) in [6.45, 7) is 13.8. The molecule has 0 aliphatic carbocycles. The molecule has 0 spiro atoms. The smallest absolute Gasteiger partial charge is 0.00203 e. The lowest BCUT2D eigenvalue weighted by atomic mass is 9.80. The summed E-state index contributed by atoms with van der Waals surface area (Å²) in [6.07, 6.45) is 0. The highest BCUT2D eigenvalue weighted by Gasteiger charge is 2.24. The van der Waals surface area contributed by atoms with Gasteiger partial charge in [-0.15, -0.1) is 0 Å². The quantitative estimate of drug-likeness (QED) is 0.115. The normalized spacial score (nSPS) is 12.0. The van der Waals surface area contributed by atoms with E-state index in [9.17, 15) is 0 Å². The van der Waals surface area contributed by atoms with Crippen LogP contribution in [0.4, 0.5) is 0 Å². The van der Waals surface area contributed by atoms with Crippen molar-refractivity contribution < 1.29 is 0 Å². The van der Waals surface area contributed by atoms with E-state index in [1.165, 1.54) is 143 Å². The summed E-state index contributed by atoms with van der Waals surface area (Å²) in [5, 5.41) is 15.0. The van der Waals surface area contributed by atoms with Crippen LogP contribution in [-0.4, -0.2) is 0 Å². The summed E-state index contributed by atoms with van der Waals surface area (Å²) in [4.78, 5) is 0. The van der Waals surface area contributed by atoms with E-state index in [1.807, 2.05) is 0 Å². The lowest BCUT2D eigenvalue weighted by molar-refractivity contribution is 0.590. The van der Waals surface area contributed by atoms with Gasteiger partial charge in [-0.1, -0.05) is 279 Å². The number of rotatable bonds is 6. The number of fused-ring (bicyclic) bond motifs is 7. The first kappa shape index (κ1) is 47.4. The lowest BCUT2D eigenvalue weighted by Crippen LogP contribution is -2.10. The largest absolute Gasteiger partial charge is 0.0776 e. The molecular formula is C75H62. The molecule has 0 unspecified atom stereocenters. The van der Waals surface area contributed by atoms with Crippen LogP contribution in [0.3, 0.4) is 0 Å². The Labute approximate surface area is 442 Å². The van der Waals surface area contributed by atoms with E-state index in [0.717, 1.165) is 0 Å². The van der Waals surface area contributed by atoms with Crippen molar-refractivity contribution >= 4 is 64.6 Å². The first-order valence-electron chi connectivity index (χ1n) is 26.2. The summed E-state index contributed by atoms with van der Waals surface area (Å²) in [5.74, 6) is 0. The summed E-state index contributed by atoms with van der Waals surface area (Å²) >= 11 is 0. The van der Waals surface area contributed by atoms with Gasteiger partial charge in [0.05, 0.1) is 0 Å². The zero-order chi connectivity index (χ0) is 50.3. The van der Waals surface area contributed by atoms with Gasteiger partial charge < -0.3 is 0 Å². The molecule has 362 valence electrons. The van der Waals surface area contributed by atoms with Crippen LogP contribution in [0.2, 0.25) is 0 Å². The molecule has 0 heteroatoms. The van der Waals surface area contributed by atoms with Gasteiger partial charge in [0, 0.05) is 0 Å². The van der Waals surface area contributed by atoms with Crippen molar-refractivity contribution in [2.24, 2.45) is 0 Å². The SMILES string of the molecule is C.CC(C)(C)c1ccc(-c2c(-c3ccc(C(C)(C)C)cc3)c3ccc(-c4c5ccccc5c(-c5ccccc5)c5ccccc45)cc3c3cc(-c4c5ccccc5c(-c5ccccc5)c5ccccc45)ccc23)cc1. The van der Waals surface area contributed by atoms with Gasteiger partial charge in [-0.25, -0.2) is 0 Å². The first-order chi connectivity index (χ1) is 36.0. The van der Waals surface area contributed by atoms with Crippen molar-refractivity contribution in [1.29, 1.82) is 0 Å². The van der Waals surface area contributed by atoms with E-state index >= 15 is 0 Å². The van der Waals surface area contributed by atoms with E-state index in [0.29, 0.717) is 0 Å². The molecule has 0 aliphatic heterocycles. The van der Waals surface area contributed by atoms with Crippen LogP contribution in [0.5, 0.6) is 0 Å². The molecular weight excluding hydrogens is 901 g/mol. The minimum absolute atomic E-state index is 0. The topological polar surface area (TPSA) is 0 Å². The second-order valence-electron chi connectivity index (χ2n) is 22.3. The molecule has 0 atom stereocenters. The third kappa shape index (κ3) is 7.99. The molecule has 0 saturated carbocycles. The lowest BCUT2D eigenvalue weighted by Gasteiger charge is -2.24. The fraction of sp³-hybridized carbons (Fsp3) is 0.120. The fourth-order valence-corrected chi connectivity index (χ4v) is 12.1. The molecule has 0 amide bonds. The minimum atomic E-state index is 0. The summed E-state index contributed by atoms with van der Waals surface area (Å²) in [7, 11) is 0. The molecule has 75 heavy (non-hydrogen) atoms. The Morgan fingerprint density at radius 1 is 0.187 bits per heavy atom. The van der Waals surface area contributed by atoms with Gasteiger partial charge >= 0.3 is 0 Å². The van der Waals surface area contributed by atoms with E-state index in [-0.39, 0.29) is 18.3 Å². The Bertz CT molecular complexity index is 3920. The maximum atomic E-state index is 2.52. The Balaban J connectivity index is 0.00000569. The van der Waals surface area contributed by atoms with Gasteiger partial charge in [-0.05, 0) is 165 Å². The van der Waals surface area contributed by atoms with Gasteiger partial charge in [-0.3, -0.25) is 0 Å². The summed E-state index contributed by atoms with van der Waals surface area (Å²) in [5.41, 5.74) is 17.6. The average Bonchev–Trinajstić information content (AvgIpc) is 3.44. The molecule has 0 aromatic heterocycles. The molecule has 13 aromatic carbocycles. The Morgan fingerprint density at radius 2 is 0.400 bits per heavy atom. The molecule has 0 heterocycles. The van der Waals surface area contributed by atoms with Crippen LogP contribution in [0.15, 0.2) is 243 Å². The molecule has 0 N–H and O–H groups in total. The Kier molecular flexibility index (Phi) is 11.6. The molecule has 0 bridgehead atoms. The van der Waals surface area contributed by atoms with E-state index in [4.69, 9.17) is 0 Å². The highest BCUT2D eigenvalue weighted by atomic mass is 14.3. The molecule has 13 aromatic rings. The van der Waals surface area contributed by atoms with Crippen LogP contribution in [0.25, 0.3) is 131 Å². The van der Waals surface area contributed by atoms with Crippen molar-refractivity contribution in [3.63, 3.8) is 0 Å². The van der Waals surface area contributed by atoms with E-state index < -0.39 is 0 Å². The second-order valence-corrected chi connectivity index (χ2v) is 22.3. The number of hydrogen-bond acceptors (Lipinski definition) is 0. The predicted molar refractivity (Wildman–Crippen MR) is 328 cm³/mol. The van der Waals surface area contributed by atoms with Crippen molar-refractivity contribution in [2.45, 2.75) is 59.8 Å². The van der Waals surface area contributed by atoms with Crippen LogP contribution >= 0.6 is 0 Å².